The molecule has 2 aromatic carbocycles. The minimum absolute atomic E-state index is 0.00535. The van der Waals surface area contributed by atoms with Crippen LogP contribution in [0.2, 0.25) is 0 Å². The first-order valence-corrected chi connectivity index (χ1v) is 10.8. The second kappa shape index (κ2) is 10.4. The standard InChI is InChI=1S/C26H36N2O2/c1-7-27-25(30)20(3)28(18-22-10-8-19(2)9-11-22)24(29)17-14-21-12-15-23(16-13-21)26(4,5)6/h8-13,15-16,20H,7,14,17-18H2,1-6H3,(H,27,30)/t20-/m0/s1. The number of amides is 2. The van der Waals surface area contributed by atoms with Gasteiger partial charge in [0.15, 0.2) is 0 Å². The molecule has 0 aliphatic heterocycles. The molecular formula is C26H36N2O2. The van der Waals surface area contributed by atoms with E-state index < -0.39 is 6.04 Å². The van der Waals surface area contributed by atoms with Gasteiger partial charge in [0.25, 0.3) is 0 Å². The Morgan fingerprint density at radius 2 is 1.53 bits per heavy atom. The van der Waals surface area contributed by atoms with Gasteiger partial charge in [-0.25, -0.2) is 0 Å². The number of hydrogen-bond donors (Lipinski definition) is 1. The van der Waals surface area contributed by atoms with Gasteiger partial charge in [0.1, 0.15) is 6.04 Å². The van der Waals surface area contributed by atoms with Gasteiger partial charge in [-0.2, -0.15) is 0 Å². The van der Waals surface area contributed by atoms with Crippen molar-refractivity contribution < 1.29 is 9.59 Å². The van der Waals surface area contributed by atoms with Gasteiger partial charge in [-0.1, -0.05) is 74.9 Å². The Bertz CT molecular complexity index is 833. The molecule has 0 heterocycles. The third kappa shape index (κ3) is 6.72. The molecule has 0 radical (unpaired) electrons. The Labute approximate surface area is 181 Å². The highest BCUT2D eigenvalue weighted by molar-refractivity contribution is 5.87. The molecule has 0 saturated heterocycles. The number of benzene rings is 2. The summed E-state index contributed by atoms with van der Waals surface area (Å²) in [5.41, 5.74) is 4.73. The first-order chi connectivity index (χ1) is 14.1. The van der Waals surface area contributed by atoms with Crippen LogP contribution >= 0.6 is 0 Å². The van der Waals surface area contributed by atoms with Crippen molar-refractivity contribution in [1.82, 2.24) is 10.2 Å². The Morgan fingerprint density at radius 3 is 2.07 bits per heavy atom. The second-order valence-electron chi connectivity index (χ2n) is 9.02. The zero-order valence-electron chi connectivity index (χ0n) is 19.3. The number of rotatable bonds is 8. The molecule has 4 heteroatoms. The van der Waals surface area contributed by atoms with Crippen molar-refractivity contribution in [2.24, 2.45) is 0 Å². The largest absolute Gasteiger partial charge is 0.355 e. The smallest absolute Gasteiger partial charge is 0.242 e. The monoisotopic (exact) mass is 408 g/mol. The highest BCUT2D eigenvalue weighted by atomic mass is 16.2. The van der Waals surface area contributed by atoms with Crippen LogP contribution in [0, 0.1) is 6.92 Å². The molecule has 162 valence electrons. The summed E-state index contributed by atoms with van der Waals surface area (Å²) in [6, 6.07) is 16.1. The van der Waals surface area contributed by atoms with Crippen molar-refractivity contribution >= 4 is 11.8 Å². The molecule has 0 aromatic heterocycles. The normalized spacial score (nSPS) is 12.3. The van der Waals surface area contributed by atoms with Crippen LogP contribution in [-0.2, 0) is 28.0 Å². The minimum Gasteiger partial charge on any atom is -0.355 e. The summed E-state index contributed by atoms with van der Waals surface area (Å²) >= 11 is 0. The van der Waals surface area contributed by atoms with Gasteiger partial charge in [0.05, 0.1) is 0 Å². The third-order valence-electron chi connectivity index (χ3n) is 5.44. The van der Waals surface area contributed by atoms with E-state index >= 15 is 0 Å². The summed E-state index contributed by atoms with van der Waals surface area (Å²) in [6.07, 6.45) is 1.04. The second-order valence-corrected chi connectivity index (χ2v) is 9.02. The highest BCUT2D eigenvalue weighted by Crippen LogP contribution is 2.22. The van der Waals surface area contributed by atoms with E-state index in [1.54, 1.807) is 11.8 Å². The van der Waals surface area contributed by atoms with Crippen molar-refractivity contribution in [3.63, 3.8) is 0 Å². The summed E-state index contributed by atoms with van der Waals surface area (Å²) < 4.78 is 0. The molecule has 4 nitrogen and oxygen atoms in total. The molecule has 0 unspecified atom stereocenters. The average Bonchev–Trinajstić information content (AvgIpc) is 2.71. The molecule has 2 rings (SSSR count). The molecule has 0 bridgehead atoms. The number of carbonyl (C=O) groups is 2. The van der Waals surface area contributed by atoms with Crippen molar-refractivity contribution in [3.05, 3.63) is 70.8 Å². The maximum atomic E-state index is 13.1. The van der Waals surface area contributed by atoms with E-state index in [2.05, 4.69) is 50.4 Å². The molecular weight excluding hydrogens is 372 g/mol. The lowest BCUT2D eigenvalue weighted by Gasteiger charge is -2.29. The third-order valence-corrected chi connectivity index (χ3v) is 5.44. The fourth-order valence-corrected chi connectivity index (χ4v) is 3.36. The lowest BCUT2D eigenvalue weighted by atomic mass is 9.86. The van der Waals surface area contributed by atoms with Crippen LogP contribution in [0.5, 0.6) is 0 Å². The Morgan fingerprint density at radius 1 is 0.967 bits per heavy atom. The fourth-order valence-electron chi connectivity index (χ4n) is 3.36. The molecule has 0 spiro atoms. The van der Waals surface area contributed by atoms with Crippen LogP contribution in [0.1, 0.15) is 63.3 Å². The molecule has 1 atom stereocenters. The van der Waals surface area contributed by atoms with E-state index in [0.29, 0.717) is 25.9 Å². The van der Waals surface area contributed by atoms with Crippen molar-refractivity contribution in [2.75, 3.05) is 6.54 Å². The van der Waals surface area contributed by atoms with Crippen LogP contribution in [0.25, 0.3) is 0 Å². The van der Waals surface area contributed by atoms with Crippen molar-refractivity contribution in [2.45, 2.75) is 72.4 Å². The average molecular weight is 409 g/mol. The van der Waals surface area contributed by atoms with E-state index in [-0.39, 0.29) is 17.2 Å². The molecule has 0 fully saturated rings. The predicted molar refractivity (Wildman–Crippen MR) is 123 cm³/mol. The van der Waals surface area contributed by atoms with Gasteiger partial charge >= 0.3 is 0 Å². The van der Waals surface area contributed by atoms with Crippen LogP contribution in [-0.4, -0.2) is 29.3 Å². The Balaban J connectivity index is 2.11. The van der Waals surface area contributed by atoms with Gasteiger partial charge in [-0.15, -0.1) is 0 Å². The number of hydrogen-bond acceptors (Lipinski definition) is 2. The zero-order chi connectivity index (χ0) is 22.3. The molecule has 1 N–H and O–H groups in total. The van der Waals surface area contributed by atoms with E-state index in [0.717, 1.165) is 11.1 Å². The Kier molecular flexibility index (Phi) is 8.22. The van der Waals surface area contributed by atoms with E-state index in [9.17, 15) is 9.59 Å². The van der Waals surface area contributed by atoms with Gasteiger partial charge in [-0.05, 0) is 49.3 Å². The summed E-state index contributed by atoms with van der Waals surface area (Å²) in [5, 5.41) is 2.84. The number of nitrogens with one attached hydrogen (secondary N) is 1. The zero-order valence-corrected chi connectivity index (χ0v) is 19.3. The lowest BCUT2D eigenvalue weighted by molar-refractivity contribution is -0.140. The number of aryl methyl sites for hydroxylation is 2. The van der Waals surface area contributed by atoms with Gasteiger partial charge in [0, 0.05) is 19.5 Å². The SMILES string of the molecule is CCNC(=O)[C@H](C)N(Cc1ccc(C)cc1)C(=O)CCc1ccc(C(C)(C)C)cc1. The van der Waals surface area contributed by atoms with Crippen LogP contribution in [0.3, 0.4) is 0 Å². The summed E-state index contributed by atoms with van der Waals surface area (Å²) in [5.74, 6) is -0.123. The predicted octanol–water partition coefficient (Wildman–Crippen LogP) is 4.78. The summed E-state index contributed by atoms with van der Waals surface area (Å²) in [6.45, 7) is 13.3. The summed E-state index contributed by atoms with van der Waals surface area (Å²) in [4.78, 5) is 27.2. The lowest BCUT2D eigenvalue weighted by Crippen LogP contribution is -2.47. The van der Waals surface area contributed by atoms with E-state index in [1.807, 2.05) is 38.1 Å². The van der Waals surface area contributed by atoms with E-state index in [1.165, 1.54) is 11.1 Å². The maximum absolute atomic E-state index is 13.1. The van der Waals surface area contributed by atoms with Gasteiger partial charge in [-0.3, -0.25) is 9.59 Å². The molecule has 2 amide bonds. The molecule has 2 aromatic rings. The fraction of sp³-hybridized carbons (Fsp3) is 0.462. The van der Waals surface area contributed by atoms with Gasteiger partial charge in [0.2, 0.25) is 11.8 Å². The minimum atomic E-state index is -0.512. The maximum Gasteiger partial charge on any atom is 0.242 e. The Hall–Kier alpha value is -2.62. The van der Waals surface area contributed by atoms with Crippen molar-refractivity contribution in [3.8, 4) is 0 Å². The highest BCUT2D eigenvalue weighted by Gasteiger charge is 2.25. The van der Waals surface area contributed by atoms with Crippen LogP contribution in [0.4, 0.5) is 0 Å². The van der Waals surface area contributed by atoms with E-state index in [4.69, 9.17) is 0 Å². The molecule has 0 aliphatic rings. The van der Waals surface area contributed by atoms with Crippen LogP contribution < -0.4 is 5.32 Å². The summed E-state index contributed by atoms with van der Waals surface area (Å²) in [7, 11) is 0. The molecule has 0 saturated carbocycles. The number of nitrogens with zero attached hydrogens (tertiary/aromatic N) is 1. The number of carbonyl (C=O) groups excluding carboxylic acids is 2. The van der Waals surface area contributed by atoms with Crippen LogP contribution in [0.15, 0.2) is 48.5 Å². The first-order valence-electron chi connectivity index (χ1n) is 10.8. The molecule has 0 aliphatic carbocycles. The van der Waals surface area contributed by atoms with Gasteiger partial charge < -0.3 is 10.2 Å². The molecule has 30 heavy (non-hydrogen) atoms. The quantitative estimate of drug-likeness (QED) is 0.683. The first kappa shape index (κ1) is 23.7. The number of likely N-dealkylation sites (N-methyl/N-ethyl adjacent to an activating group) is 1. The van der Waals surface area contributed by atoms with Crippen molar-refractivity contribution in [1.29, 1.82) is 0 Å². The topological polar surface area (TPSA) is 49.4 Å².